The van der Waals surface area contributed by atoms with Gasteiger partial charge in [-0.25, -0.2) is 0 Å². The van der Waals surface area contributed by atoms with Crippen LogP contribution >= 0.6 is 0 Å². The number of amides is 2. The highest BCUT2D eigenvalue weighted by atomic mass is 16.5. The number of hydrogen-bond acceptors (Lipinski definition) is 4. The summed E-state index contributed by atoms with van der Waals surface area (Å²) in [4.78, 5) is 23.8. The van der Waals surface area contributed by atoms with Crippen LogP contribution in [-0.2, 0) is 14.3 Å². The number of anilines is 2. The normalized spacial score (nSPS) is 15.9. The molecular formula is C15H21N3O3. The maximum atomic E-state index is 12.3. The minimum absolute atomic E-state index is 0.00707. The molecular weight excluding hydrogens is 270 g/mol. The maximum Gasteiger partial charge on any atom is 0.250 e. The molecule has 0 heterocycles. The van der Waals surface area contributed by atoms with Crippen LogP contribution in [0.25, 0.3) is 0 Å². The first-order valence-corrected chi connectivity index (χ1v) is 7.00. The zero-order chi connectivity index (χ0) is 15.3. The van der Waals surface area contributed by atoms with Gasteiger partial charge >= 0.3 is 0 Å². The predicted molar refractivity (Wildman–Crippen MR) is 80.9 cm³/mol. The highest BCUT2D eigenvalue weighted by Gasteiger charge is 2.42. The largest absolute Gasteiger partial charge is 0.375 e. The van der Waals surface area contributed by atoms with E-state index in [0.717, 1.165) is 19.3 Å². The summed E-state index contributed by atoms with van der Waals surface area (Å²) in [6.45, 7) is 0.357. The van der Waals surface area contributed by atoms with Crippen LogP contribution in [0.2, 0.25) is 0 Å². The molecule has 21 heavy (non-hydrogen) atoms. The van der Waals surface area contributed by atoms with Crippen molar-refractivity contribution in [3.05, 3.63) is 24.3 Å². The molecule has 0 spiro atoms. The molecule has 0 bridgehead atoms. The second kappa shape index (κ2) is 6.69. The number of carbonyl (C=O) groups excluding carboxylic acids is 2. The van der Waals surface area contributed by atoms with E-state index in [4.69, 9.17) is 10.5 Å². The third-order valence-corrected chi connectivity index (χ3v) is 3.86. The van der Waals surface area contributed by atoms with E-state index in [1.807, 2.05) is 0 Å². The molecule has 1 aliphatic carbocycles. The Kier molecular flexibility index (Phi) is 4.93. The third kappa shape index (κ3) is 3.59. The average Bonchev–Trinajstić information content (AvgIpc) is 2.38. The summed E-state index contributed by atoms with van der Waals surface area (Å²) in [5, 5.41) is 5.58. The van der Waals surface area contributed by atoms with E-state index in [2.05, 4.69) is 10.6 Å². The summed E-state index contributed by atoms with van der Waals surface area (Å²) in [7, 11) is 1.46. The van der Waals surface area contributed by atoms with Gasteiger partial charge in [0.05, 0.1) is 5.41 Å². The Bertz CT molecular complexity index is 521. The Morgan fingerprint density at radius 2 is 1.95 bits per heavy atom. The van der Waals surface area contributed by atoms with Gasteiger partial charge in [0.25, 0.3) is 0 Å². The molecule has 1 saturated carbocycles. The molecule has 1 aromatic carbocycles. The first-order chi connectivity index (χ1) is 10.1. The topological polar surface area (TPSA) is 93.5 Å². The first kappa shape index (κ1) is 15.5. The van der Waals surface area contributed by atoms with E-state index in [1.54, 1.807) is 24.3 Å². The van der Waals surface area contributed by atoms with E-state index in [0.29, 0.717) is 17.9 Å². The van der Waals surface area contributed by atoms with Crippen LogP contribution in [0, 0.1) is 5.41 Å². The smallest absolute Gasteiger partial charge is 0.250 e. The lowest BCUT2D eigenvalue weighted by Gasteiger charge is -2.39. The van der Waals surface area contributed by atoms with Gasteiger partial charge in [0.2, 0.25) is 11.8 Å². The van der Waals surface area contributed by atoms with E-state index in [1.165, 1.54) is 7.11 Å². The van der Waals surface area contributed by atoms with Crippen molar-refractivity contribution in [1.29, 1.82) is 0 Å². The Morgan fingerprint density at radius 1 is 1.29 bits per heavy atom. The lowest BCUT2D eigenvalue weighted by atomic mass is 9.68. The van der Waals surface area contributed by atoms with Crippen molar-refractivity contribution in [1.82, 2.24) is 0 Å². The summed E-state index contributed by atoms with van der Waals surface area (Å²) < 4.78 is 4.76. The molecule has 6 nitrogen and oxygen atoms in total. The summed E-state index contributed by atoms with van der Waals surface area (Å²) in [5.74, 6) is -0.282. The molecule has 2 amide bonds. The average molecular weight is 291 g/mol. The van der Waals surface area contributed by atoms with Gasteiger partial charge in [-0.1, -0.05) is 12.5 Å². The van der Waals surface area contributed by atoms with Crippen LogP contribution in [0.15, 0.2) is 24.3 Å². The minimum atomic E-state index is -0.421. The van der Waals surface area contributed by atoms with E-state index in [9.17, 15) is 9.59 Å². The fraction of sp³-hybridized carbons (Fsp3) is 0.467. The summed E-state index contributed by atoms with van der Waals surface area (Å²) in [5.41, 5.74) is 6.56. The quantitative estimate of drug-likeness (QED) is 0.737. The number of nitrogens with two attached hydrogens (primary N) is 1. The minimum Gasteiger partial charge on any atom is -0.375 e. The number of hydrogen-bond donors (Lipinski definition) is 3. The maximum absolute atomic E-state index is 12.3. The Morgan fingerprint density at radius 3 is 2.48 bits per heavy atom. The fourth-order valence-corrected chi connectivity index (χ4v) is 2.39. The first-order valence-electron chi connectivity index (χ1n) is 7.00. The van der Waals surface area contributed by atoms with Crippen LogP contribution in [-0.4, -0.2) is 32.1 Å². The van der Waals surface area contributed by atoms with Gasteiger partial charge in [-0.05, 0) is 31.0 Å². The number of methoxy groups -OCH3 is 1. The van der Waals surface area contributed by atoms with Gasteiger partial charge in [0.1, 0.15) is 6.61 Å². The third-order valence-electron chi connectivity index (χ3n) is 3.86. The Balaban J connectivity index is 2.01. The highest BCUT2D eigenvalue weighted by molar-refractivity contribution is 5.97. The fourth-order valence-electron chi connectivity index (χ4n) is 2.39. The number of benzene rings is 1. The molecule has 1 fully saturated rings. The summed E-state index contributed by atoms with van der Waals surface area (Å²) in [6, 6.07) is 7.03. The van der Waals surface area contributed by atoms with Crippen LogP contribution in [0.1, 0.15) is 19.3 Å². The second-order valence-electron chi connectivity index (χ2n) is 5.35. The number of carbonyl (C=O) groups is 2. The van der Waals surface area contributed by atoms with Crippen molar-refractivity contribution in [2.24, 2.45) is 11.1 Å². The van der Waals surface area contributed by atoms with Gasteiger partial charge in [0, 0.05) is 25.0 Å². The SMILES string of the molecule is COCC(=O)Nc1cccc(NC(=O)C2(CN)CCC2)c1. The van der Waals surface area contributed by atoms with Gasteiger partial charge in [-0.15, -0.1) is 0 Å². The zero-order valence-electron chi connectivity index (χ0n) is 12.1. The monoisotopic (exact) mass is 291 g/mol. The van der Waals surface area contributed by atoms with Crippen molar-refractivity contribution >= 4 is 23.2 Å². The lowest BCUT2D eigenvalue weighted by molar-refractivity contribution is -0.129. The van der Waals surface area contributed by atoms with Crippen molar-refractivity contribution in [2.75, 3.05) is 30.9 Å². The van der Waals surface area contributed by atoms with E-state index < -0.39 is 5.41 Å². The molecule has 0 aliphatic heterocycles. The Hall–Kier alpha value is -1.92. The van der Waals surface area contributed by atoms with Crippen LogP contribution in [0.3, 0.4) is 0 Å². The predicted octanol–water partition coefficient (Wildman–Crippen LogP) is 1.34. The van der Waals surface area contributed by atoms with Crippen molar-refractivity contribution < 1.29 is 14.3 Å². The molecule has 0 unspecified atom stereocenters. The van der Waals surface area contributed by atoms with Gasteiger partial charge in [0.15, 0.2) is 0 Å². The molecule has 0 aromatic heterocycles. The molecule has 4 N–H and O–H groups in total. The van der Waals surface area contributed by atoms with Crippen molar-refractivity contribution in [3.8, 4) is 0 Å². The number of nitrogens with one attached hydrogen (secondary N) is 2. The highest BCUT2D eigenvalue weighted by Crippen LogP contribution is 2.40. The molecule has 0 radical (unpaired) electrons. The lowest BCUT2D eigenvalue weighted by Crippen LogP contribution is -2.47. The van der Waals surface area contributed by atoms with E-state index in [-0.39, 0.29) is 18.4 Å². The van der Waals surface area contributed by atoms with Crippen molar-refractivity contribution in [2.45, 2.75) is 19.3 Å². The van der Waals surface area contributed by atoms with Crippen LogP contribution in [0.5, 0.6) is 0 Å². The Labute approximate surface area is 124 Å². The molecule has 0 atom stereocenters. The van der Waals surface area contributed by atoms with Gasteiger partial charge in [-0.2, -0.15) is 0 Å². The molecule has 1 aromatic rings. The number of ether oxygens (including phenoxy) is 1. The molecule has 6 heteroatoms. The van der Waals surface area contributed by atoms with Crippen LogP contribution < -0.4 is 16.4 Å². The molecule has 0 saturated heterocycles. The zero-order valence-corrected chi connectivity index (χ0v) is 12.1. The summed E-state index contributed by atoms with van der Waals surface area (Å²) >= 11 is 0. The summed E-state index contributed by atoms with van der Waals surface area (Å²) in [6.07, 6.45) is 2.71. The number of rotatable bonds is 6. The molecule has 2 rings (SSSR count). The van der Waals surface area contributed by atoms with Gasteiger partial charge in [-0.3, -0.25) is 9.59 Å². The molecule has 114 valence electrons. The van der Waals surface area contributed by atoms with Gasteiger partial charge < -0.3 is 21.1 Å². The van der Waals surface area contributed by atoms with Crippen molar-refractivity contribution in [3.63, 3.8) is 0 Å². The standard InChI is InChI=1S/C15H21N3O3/c1-21-9-13(19)17-11-4-2-5-12(8-11)18-14(20)15(10-16)6-3-7-15/h2,4-5,8H,3,6-7,9-10,16H2,1H3,(H,17,19)(H,18,20). The molecule has 1 aliphatic rings. The van der Waals surface area contributed by atoms with Crippen LogP contribution in [0.4, 0.5) is 11.4 Å². The van der Waals surface area contributed by atoms with E-state index >= 15 is 0 Å². The second-order valence-corrected chi connectivity index (χ2v) is 5.35.